The van der Waals surface area contributed by atoms with Crippen LogP contribution in [0.2, 0.25) is 0 Å². The van der Waals surface area contributed by atoms with E-state index in [1.807, 2.05) is 24.3 Å². The van der Waals surface area contributed by atoms with Crippen LogP contribution in [-0.4, -0.2) is 9.97 Å². The molecule has 0 aliphatic heterocycles. The fraction of sp³-hybridized carbons (Fsp3) is 0. The molecule has 2 rings (SSSR count). The number of benzene rings is 1. The molecule has 5 heteroatoms. The minimum atomic E-state index is 0.511. The SMILES string of the molecule is Nc1nc(-c2ccccc2Br)ncc1I. The fourth-order valence-corrected chi connectivity index (χ4v) is 1.87. The van der Waals surface area contributed by atoms with Gasteiger partial charge in [0.2, 0.25) is 0 Å². The molecule has 0 aliphatic rings. The Kier molecular flexibility index (Phi) is 3.20. The highest BCUT2D eigenvalue weighted by Crippen LogP contribution is 2.26. The number of rotatable bonds is 1. The summed E-state index contributed by atoms with van der Waals surface area (Å²) >= 11 is 5.56. The predicted molar refractivity (Wildman–Crippen MR) is 72.3 cm³/mol. The molecule has 1 aromatic heterocycles. The van der Waals surface area contributed by atoms with Gasteiger partial charge in [-0.05, 0) is 28.7 Å². The third-order valence-electron chi connectivity index (χ3n) is 1.89. The van der Waals surface area contributed by atoms with E-state index >= 15 is 0 Å². The van der Waals surface area contributed by atoms with Crippen molar-refractivity contribution in [1.82, 2.24) is 9.97 Å². The molecule has 0 unspecified atom stereocenters. The molecule has 2 N–H and O–H groups in total. The molecule has 0 saturated carbocycles. The molecule has 76 valence electrons. The van der Waals surface area contributed by atoms with Gasteiger partial charge in [-0.2, -0.15) is 0 Å². The van der Waals surface area contributed by atoms with Crippen molar-refractivity contribution in [3.05, 3.63) is 38.5 Å². The highest BCUT2D eigenvalue weighted by Gasteiger charge is 2.06. The van der Waals surface area contributed by atoms with Gasteiger partial charge in [-0.3, -0.25) is 0 Å². The summed E-state index contributed by atoms with van der Waals surface area (Å²) in [5.74, 6) is 1.15. The Hall–Kier alpha value is -0.690. The number of nitrogens with two attached hydrogens (primary N) is 1. The van der Waals surface area contributed by atoms with Crippen LogP contribution in [-0.2, 0) is 0 Å². The average molecular weight is 376 g/mol. The van der Waals surface area contributed by atoms with Gasteiger partial charge in [0, 0.05) is 16.2 Å². The molecule has 0 aliphatic carbocycles. The molecular formula is C10H7BrIN3. The Morgan fingerprint density at radius 1 is 1.27 bits per heavy atom. The first kappa shape index (κ1) is 10.8. The van der Waals surface area contributed by atoms with Gasteiger partial charge in [-0.1, -0.05) is 34.1 Å². The molecular weight excluding hydrogens is 369 g/mol. The summed E-state index contributed by atoms with van der Waals surface area (Å²) in [6, 6.07) is 7.79. The molecule has 0 radical (unpaired) electrons. The van der Waals surface area contributed by atoms with E-state index in [1.54, 1.807) is 6.20 Å². The molecule has 0 fully saturated rings. The Labute approximate surface area is 109 Å². The maximum Gasteiger partial charge on any atom is 0.162 e. The molecule has 0 amide bonds. The van der Waals surface area contributed by atoms with E-state index < -0.39 is 0 Å². The largest absolute Gasteiger partial charge is 0.383 e. The van der Waals surface area contributed by atoms with Crippen LogP contribution in [0, 0.1) is 3.57 Å². The molecule has 0 saturated heterocycles. The highest BCUT2D eigenvalue weighted by atomic mass is 127. The van der Waals surface area contributed by atoms with Crippen molar-refractivity contribution in [2.24, 2.45) is 0 Å². The lowest BCUT2D eigenvalue weighted by Crippen LogP contribution is -1.98. The topological polar surface area (TPSA) is 51.8 Å². The van der Waals surface area contributed by atoms with Crippen molar-refractivity contribution in [2.45, 2.75) is 0 Å². The molecule has 1 aromatic carbocycles. The number of nitrogen functional groups attached to an aromatic ring is 1. The van der Waals surface area contributed by atoms with Crippen molar-refractivity contribution < 1.29 is 0 Å². The smallest absolute Gasteiger partial charge is 0.162 e. The van der Waals surface area contributed by atoms with Crippen LogP contribution in [0.1, 0.15) is 0 Å². The van der Waals surface area contributed by atoms with Crippen LogP contribution >= 0.6 is 38.5 Å². The van der Waals surface area contributed by atoms with Gasteiger partial charge < -0.3 is 5.73 Å². The van der Waals surface area contributed by atoms with E-state index in [0.717, 1.165) is 13.6 Å². The van der Waals surface area contributed by atoms with Gasteiger partial charge in [0.05, 0.1) is 3.57 Å². The normalized spacial score (nSPS) is 10.3. The Balaban J connectivity index is 2.55. The van der Waals surface area contributed by atoms with E-state index in [4.69, 9.17) is 5.73 Å². The van der Waals surface area contributed by atoms with Crippen molar-refractivity contribution >= 4 is 44.3 Å². The first-order valence-electron chi connectivity index (χ1n) is 4.21. The summed E-state index contributed by atoms with van der Waals surface area (Å²) in [5.41, 5.74) is 6.68. The molecule has 0 bridgehead atoms. The van der Waals surface area contributed by atoms with E-state index in [9.17, 15) is 0 Å². The van der Waals surface area contributed by atoms with Gasteiger partial charge in [0.15, 0.2) is 5.82 Å². The third-order valence-corrected chi connectivity index (χ3v) is 3.41. The monoisotopic (exact) mass is 375 g/mol. The lowest BCUT2D eigenvalue weighted by atomic mass is 10.2. The minimum Gasteiger partial charge on any atom is -0.383 e. The maximum absolute atomic E-state index is 5.73. The third kappa shape index (κ3) is 2.28. The zero-order chi connectivity index (χ0) is 10.8. The lowest BCUT2D eigenvalue weighted by Gasteiger charge is -2.04. The zero-order valence-electron chi connectivity index (χ0n) is 7.61. The average Bonchev–Trinajstić information content (AvgIpc) is 2.23. The summed E-state index contributed by atoms with van der Waals surface area (Å²) < 4.78 is 1.83. The van der Waals surface area contributed by atoms with Crippen LogP contribution in [0.15, 0.2) is 34.9 Å². The number of nitrogens with zero attached hydrogens (tertiary/aromatic N) is 2. The number of aromatic nitrogens is 2. The fourth-order valence-electron chi connectivity index (χ4n) is 1.15. The molecule has 0 atom stereocenters. The quantitative estimate of drug-likeness (QED) is 0.779. The van der Waals surface area contributed by atoms with Crippen LogP contribution < -0.4 is 5.73 Å². The zero-order valence-corrected chi connectivity index (χ0v) is 11.4. The van der Waals surface area contributed by atoms with E-state index in [0.29, 0.717) is 11.6 Å². The number of hydrogen-bond acceptors (Lipinski definition) is 3. The van der Waals surface area contributed by atoms with Gasteiger partial charge in [0.25, 0.3) is 0 Å². The van der Waals surface area contributed by atoms with Crippen molar-refractivity contribution in [1.29, 1.82) is 0 Å². The molecule has 3 nitrogen and oxygen atoms in total. The van der Waals surface area contributed by atoms with Crippen molar-refractivity contribution in [2.75, 3.05) is 5.73 Å². The molecule has 1 heterocycles. The first-order valence-corrected chi connectivity index (χ1v) is 6.08. The van der Waals surface area contributed by atoms with E-state index in [2.05, 4.69) is 48.5 Å². The Bertz CT molecular complexity index is 502. The number of hydrogen-bond donors (Lipinski definition) is 1. The van der Waals surface area contributed by atoms with Crippen LogP contribution in [0.5, 0.6) is 0 Å². The van der Waals surface area contributed by atoms with Gasteiger partial charge >= 0.3 is 0 Å². The van der Waals surface area contributed by atoms with Crippen LogP contribution in [0.3, 0.4) is 0 Å². The predicted octanol–water partition coefficient (Wildman–Crippen LogP) is 3.09. The minimum absolute atomic E-state index is 0.511. The Morgan fingerprint density at radius 3 is 2.67 bits per heavy atom. The van der Waals surface area contributed by atoms with Crippen molar-refractivity contribution in [3.63, 3.8) is 0 Å². The summed E-state index contributed by atoms with van der Waals surface area (Å²) in [5, 5.41) is 0. The highest BCUT2D eigenvalue weighted by molar-refractivity contribution is 14.1. The van der Waals surface area contributed by atoms with Gasteiger partial charge in [-0.15, -0.1) is 0 Å². The van der Waals surface area contributed by atoms with E-state index in [1.165, 1.54) is 0 Å². The van der Waals surface area contributed by atoms with Gasteiger partial charge in [-0.25, -0.2) is 9.97 Å². The number of halogens is 2. The second-order valence-corrected chi connectivity index (χ2v) is 4.92. The second kappa shape index (κ2) is 4.44. The summed E-state index contributed by atoms with van der Waals surface area (Å²) in [6.07, 6.45) is 1.72. The standard InChI is InChI=1S/C10H7BrIN3/c11-7-4-2-1-3-6(7)10-14-5-8(12)9(13)15-10/h1-5H,(H2,13,14,15). The van der Waals surface area contributed by atoms with Gasteiger partial charge in [0.1, 0.15) is 5.82 Å². The van der Waals surface area contributed by atoms with Crippen LogP contribution in [0.25, 0.3) is 11.4 Å². The summed E-state index contributed by atoms with van der Waals surface area (Å²) in [4.78, 5) is 8.47. The summed E-state index contributed by atoms with van der Waals surface area (Å²) in [7, 11) is 0. The lowest BCUT2D eigenvalue weighted by molar-refractivity contribution is 1.16. The maximum atomic E-state index is 5.73. The molecule has 15 heavy (non-hydrogen) atoms. The second-order valence-electron chi connectivity index (χ2n) is 2.91. The van der Waals surface area contributed by atoms with Crippen molar-refractivity contribution in [3.8, 4) is 11.4 Å². The molecule has 0 spiro atoms. The number of anilines is 1. The Morgan fingerprint density at radius 2 is 2.00 bits per heavy atom. The van der Waals surface area contributed by atoms with E-state index in [-0.39, 0.29) is 0 Å². The summed E-state index contributed by atoms with van der Waals surface area (Å²) in [6.45, 7) is 0. The van der Waals surface area contributed by atoms with Crippen LogP contribution in [0.4, 0.5) is 5.82 Å². The molecule has 2 aromatic rings. The first-order chi connectivity index (χ1) is 7.18.